The van der Waals surface area contributed by atoms with Crippen LogP contribution in [0.4, 0.5) is 0 Å². The van der Waals surface area contributed by atoms with E-state index in [4.69, 9.17) is 14.5 Å². The first-order valence-electron chi connectivity index (χ1n) is 10.1. The summed E-state index contributed by atoms with van der Waals surface area (Å²) in [5.41, 5.74) is 1.25. The summed E-state index contributed by atoms with van der Waals surface area (Å²) in [6.07, 6.45) is 2.64. The maximum atomic E-state index is 12.0. The molecular formula is C21H32IN3O3. The quantitative estimate of drug-likeness (QED) is 0.290. The number of carbonyl (C=O) groups is 1. The minimum Gasteiger partial charge on any atom is -0.493 e. The molecule has 1 N–H and O–H groups in total. The third-order valence-corrected chi connectivity index (χ3v) is 5.29. The molecule has 28 heavy (non-hydrogen) atoms. The summed E-state index contributed by atoms with van der Waals surface area (Å²) >= 11 is 0. The van der Waals surface area contributed by atoms with E-state index in [0.717, 1.165) is 63.8 Å². The second-order valence-electron chi connectivity index (χ2n) is 7.08. The molecule has 0 radical (unpaired) electrons. The lowest BCUT2D eigenvalue weighted by molar-refractivity contribution is -0.149. The van der Waals surface area contributed by atoms with Gasteiger partial charge in [-0.1, -0.05) is 18.2 Å². The molecule has 1 saturated heterocycles. The third kappa shape index (κ3) is 5.75. The van der Waals surface area contributed by atoms with Crippen LogP contribution in [0, 0.1) is 5.92 Å². The van der Waals surface area contributed by atoms with E-state index < -0.39 is 0 Å². The SMILES string of the molecule is CCNC(=NCC1CCOc2ccccc21)N1CCC(C(=O)OCC)CC1.I. The normalized spacial score (nSPS) is 19.9. The van der Waals surface area contributed by atoms with Crippen LogP contribution in [0.25, 0.3) is 0 Å². The molecule has 1 atom stereocenters. The summed E-state index contributed by atoms with van der Waals surface area (Å²) in [6, 6.07) is 8.26. The molecule has 0 saturated carbocycles. The van der Waals surface area contributed by atoms with Crippen LogP contribution in [0.15, 0.2) is 29.3 Å². The fraction of sp³-hybridized carbons (Fsp3) is 0.619. The highest BCUT2D eigenvalue weighted by atomic mass is 127. The zero-order valence-corrected chi connectivity index (χ0v) is 19.2. The Morgan fingerprint density at radius 3 is 2.71 bits per heavy atom. The van der Waals surface area contributed by atoms with Gasteiger partial charge in [0.05, 0.1) is 19.1 Å². The lowest BCUT2D eigenvalue weighted by Crippen LogP contribution is -2.47. The first-order chi connectivity index (χ1) is 13.2. The predicted octanol–water partition coefficient (Wildman–Crippen LogP) is 3.41. The van der Waals surface area contributed by atoms with E-state index >= 15 is 0 Å². The van der Waals surface area contributed by atoms with Crippen LogP contribution < -0.4 is 10.1 Å². The second kappa shape index (κ2) is 11.5. The number of hydrogen-bond acceptors (Lipinski definition) is 4. The van der Waals surface area contributed by atoms with Crippen LogP contribution in [0.2, 0.25) is 0 Å². The van der Waals surface area contributed by atoms with E-state index in [2.05, 4.69) is 29.3 Å². The molecule has 7 heteroatoms. The first kappa shape index (κ1) is 22.8. The highest BCUT2D eigenvalue weighted by Gasteiger charge is 2.28. The Morgan fingerprint density at radius 1 is 1.25 bits per heavy atom. The number of fused-ring (bicyclic) bond motifs is 1. The molecule has 2 heterocycles. The Bertz CT molecular complexity index is 660. The van der Waals surface area contributed by atoms with Crippen molar-refractivity contribution < 1.29 is 14.3 Å². The average molecular weight is 501 g/mol. The van der Waals surface area contributed by atoms with Crippen molar-refractivity contribution in [1.82, 2.24) is 10.2 Å². The van der Waals surface area contributed by atoms with Gasteiger partial charge in [-0.05, 0) is 44.7 Å². The lowest BCUT2D eigenvalue weighted by Gasteiger charge is -2.33. The minimum atomic E-state index is -0.0575. The summed E-state index contributed by atoms with van der Waals surface area (Å²) in [5.74, 6) is 2.29. The Balaban J connectivity index is 0.00000280. The van der Waals surface area contributed by atoms with Gasteiger partial charge in [0.25, 0.3) is 0 Å². The smallest absolute Gasteiger partial charge is 0.309 e. The summed E-state index contributed by atoms with van der Waals surface area (Å²) in [4.78, 5) is 19.1. The van der Waals surface area contributed by atoms with Crippen molar-refractivity contribution in [2.24, 2.45) is 10.9 Å². The second-order valence-corrected chi connectivity index (χ2v) is 7.08. The van der Waals surface area contributed by atoms with Crippen molar-refractivity contribution in [3.8, 4) is 5.75 Å². The molecule has 0 aliphatic carbocycles. The highest BCUT2D eigenvalue weighted by molar-refractivity contribution is 14.0. The minimum absolute atomic E-state index is 0. The van der Waals surface area contributed by atoms with Crippen molar-refractivity contribution in [3.05, 3.63) is 29.8 Å². The van der Waals surface area contributed by atoms with Gasteiger partial charge < -0.3 is 19.7 Å². The number of ether oxygens (including phenoxy) is 2. The van der Waals surface area contributed by atoms with Gasteiger partial charge in [0, 0.05) is 32.1 Å². The summed E-state index contributed by atoms with van der Waals surface area (Å²) < 4.78 is 10.9. The number of piperidine rings is 1. The zero-order chi connectivity index (χ0) is 19.1. The number of hydrogen-bond donors (Lipinski definition) is 1. The molecule has 3 rings (SSSR count). The number of rotatable bonds is 5. The maximum absolute atomic E-state index is 12.0. The molecule has 0 amide bonds. The fourth-order valence-corrected chi connectivity index (χ4v) is 3.82. The standard InChI is InChI=1S/C21H31N3O3.HI/c1-3-22-21(24-12-9-16(10-13-24)20(25)26-4-2)23-15-17-11-14-27-19-8-6-5-7-18(17)19;/h5-8,16-17H,3-4,9-15H2,1-2H3,(H,22,23);1H. The molecule has 2 aliphatic rings. The van der Waals surface area contributed by atoms with Crippen molar-refractivity contribution in [3.63, 3.8) is 0 Å². The molecule has 156 valence electrons. The number of halogens is 1. The Morgan fingerprint density at radius 2 is 2.00 bits per heavy atom. The summed E-state index contributed by atoms with van der Waals surface area (Å²) in [5, 5.41) is 3.41. The number of esters is 1. The summed E-state index contributed by atoms with van der Waals surface area (Å²) in [7, 11) is 0. The molecule has 0 bridgehead atoms. The van der Waals surface area contributed by atoms with Gasteiger partial charge in [-0.3, -0.25) is 9.79 Å². The highest BCUT2D eigenvalue weighted by Crippen LogP contribution is 2.33. The molecule has 0 aromatic heterocycles. The number of benzene rings is 1. The van der Waals surface area contributed by atoms with Crippen molar-refractivity contribution >= 4 is 35.9 Å². The van der Waals surface area contributed by atoms with E-state index in [1.54, 1.807) is 0 Å². The van der Waals surface area contributed by atoms with E-state index in [9.17, 15) is 4.79 Å². The molecule has 1 unspecified atom stereocenters. The third-order valence-electron chi connectivity index (χ3n) is 5.29. The predicted molar refractivity (Wildman–Crippen MR) is 122 cm³/mol. The van der Waals surface area contributed by atoms with Gasteiger partial charge >= 0.3 is 5.97 Å². The van der Waals surface area contributed by atoms with E-state index in [0.29, 0.717) is 12.5 Å². The molecular weight excluding hydrogens is 469 g/mol. The number of nitrogens with one attached hydrogen (secondary N) is 1. The zero-order valence-electron chi connectivity index (χ0n) is 16.9. The largest absolute Gasteiger partial charge is 0.493 e. The Hall–Kier alpha value is -1.51. The van der Waals surface area contributed by atoms with Crippen LogP contribution in [-0.2, 0) is 9.53 Å². The number of nitrogens with zero attached hydrogens (tertiary/aromatic N) is 2. The lowest BCUT2D eigenvalue weighted by atomic mass is 9.93. The topological polar surface area (TPSA) is 63.2 Å². The van der Waals surface area contributed by atoms with Gasteiger partial charge in [0.15, 0.2) is 5.96 Å². The van der Waals surface area contributed by atoms with E-state index in [1.807, 2.05) is 19.1 Å². The van der Waals surface area contributed by atoms with Crippen LogP contribution in [0.5, 0.6) is 5.75 Å². The van der Waals surface area contributed by atoms with E-state index in [1.165, 1.54) is 5.56 Å². The summed E-state index contributed by atoms with van der Waals surface area (Å²) in [6.45, 7) is 8.40. The molecule has 1 aromatic carbocycles. The number of aliphatic imine (C=N–C) groups is 1. The molecule has 0 spiro atoms. The average Bonchev–Trinajstić information content (AvgIpc) is 2.71. The fourth-order valence-electron chi connectivity index (χ4n) is 3.82. The molecule has 1 aromatic rings. The maximum Gasteiger partial charge on any atom is 0.309 e. The van der Waals surface area contributed by atoms with Crippen LogP contribution in [-0.4, -0.2) is 56.2 Å². The van der Waals surface area contributed by atoms with Gasteiger partial charge in [-0.15, -0.1) is 24.0 Å². The van der Waals surface area contributed by atoms with Crippen molar-refractivity contribution in [1.29, 1.82) is 0 Å². The van der Waals surface area contributed by atoms with Crippen molar-refractivity contribution in [2.45, 2.75) is 39.0 Å². The first-order valence-corrected chi connectivity index (χ1v) is 10.1. The van der Waals surface area contributed by atoms with Crippen LogP contribution in [0.3, 0.4) is 0 Å². The van der Waals surface area contributed by atoms with Gasteiger partial charge in [-0.2, -0.15) is 0 Å². The van der Waals surface area contributed by atoms with Crippen LogP contribution in [0.1, 0.15) is 44.6 Å². The van der Waals surface area contributed by atoms with Gasteiger partial charge in [0.1, 0.15) is 5.75 Å². The van der Waals surface area contributed by atoms with E-state index in [-0.39, 0.29) is 35.9 Å². The number of para-hydroxylation sites is 1. The van der Waals surface area contributed by atoms with Gasteiger partial charge in [-0.25, -0.2) is 0 Å². The molecule has 1 fully saturated rings. The van der Waals surface area contributed by atoms with Crippen LogP contribution >= 0.6 is 24.0 Å². The Kier molecular flexibility index (Phi) is 9.34. The number of carbonyl (C=O) groups excluding carboxylic acids is 1. The Labute approximate surface area is 185 Å². The number of guanidine groups is 1. The number of likely N-dealkylation sites (tertiary alicyclic amines) is 1. The molecule has 6 nitrogen and oxygen atoms in total. The monoisotopic (exact) mass is 501 g/mol. The molecule has 2 aliphatic heterocycles. The van der Waals surface area contributed by atoms with Gasteiger partial charge in [0.2, 0.25) is 0 Å². The van der Waals surface area contributed by atoms with Crippen molar-refractivity contribution in [2.75, 3.05) is 39.4 Å².